The number of hydrogen-bond acceptors (Lipinski definition) is 4. The molecule has 9 heteroatoms. The van der Waals surface area contributed by atoms with E-state index in [4.69, 9.17) is 9.15 Å². The van der Waals surface area contributed by atoms with Gasteiger partial charge in [0, 0.05) is 30.8 Å². The van der Waals surface area contributed by atoms with Gasteiger partial charge in [-0.05, 0) is 48.9 Å². The molecule has 4 aromatic rings. The molecule has 0 radical (unpaired) electrons. The van der Waals surface area contributed by atoms with Crippen LogP contribution in [0.15, 0.2) is 83.5 Å². The quantitative estimate of drug-likeness (QED) is 0.332. The highest BCUT2D eigenvalue weighted by Crippen LogP contribution is 2.40. The van der Waals surface area contributed by atoms with Crippen LogP contribution in [0.1, 0.15) is 17.0 Å². The van der Waals surface area contributed by atoms with Gasteiger partial charge in [0.25, 0.3) is 0 Å². The number of rotatable bonds is 9. The van der Waals surface area contributed by atoms with Crippen LogP contribution >= 0.6 is 0 Å². The van der Waals surface area contributed by atoms with E-state index in [9.17, 15) is 23.1 Å². The Morgan fingerprint density at radius 1 is 1.03 bits per heavy atom. The molecule has 1 atom stereocenters. The van der Waals surface area contributed by atoms with Crippen molar-refractivity contribution in [1.29, 1.82) is 0 Å². The minimum absolute atomic E-state index is 0.214. The number of oxazole rings is 1. The molecule has 0 unspecified atom stereocenters. The normalized spacial score (nSPS) is 13.4. The Hall–Kier alpha value is -4.01. The van der Waals surface area contributed by atoms with Crippen LogP contribution in [0.5, 0.6) is 5.75 Å². The van der Waals surface area contributed by atoms with Gasteiger partial charge >= 0.3 is 12.1 Å². The van der Waals surface area contributed by atoms with Crippen molar-refractivity contribution >= 4 is 5.97 Å². The fraction of sp³-hybridized carbons (Fsp3) is 0.231. The van der Waals surface area contributed by atoms with Crippen LogP contribution in [0.2, 0.25) is 0 Å². The van der Waals surface area contributed by atoms with Gasteiger partial charge in [-0.15, -0.1) is 0 Å². The van der Waals surface area contributed by atoms with Crippen molar-refractivity contribution in [3.63, 3.8) is 0 Å². The van der Waals surface area contributed by atoms with Crippen LogP contribution in [0.25, 0.3) is 11.5 Å². The Bertz CT molecular complexity index is 1270. The summed E-state index contributed by atoms with van der Waals surface area (Å²) in [6.07, 6.45) is -3.08. The summed E-state index contributed by atoms with van der Waals surface area (Å²) in [5.74, 6) is -0.312. The maximum atomic E-state index is 14.0. The molecule has 35 heavy (non-hydrogen) atoms. The summed E-state index contributed by atoms with van der Waals surface area (Å²) in [5, 5.41) is 9.59. The van der Waals surface area contributed by atoms with E-state index in [0.29, 0.717) is 28.4 Å². The summed E-state index contributed by atoms with van der Waals surface area (Å²) in [6, 6.07) is 18.2. The molecule has 4 rings (SSSR count). The van der Waals surface area contributed by atoms with Gasteiger partial charge in [-0.25, -0.2) is 9.78 Å². The lowest BCUT2D eigenvalue weighted by Gasteiger charge is -2.33. The van der Waals surface area contributed by atoms with E-state index in [0.717, 1.165) is 23.7 Å². The van der Waals surface area contributed by atoms with E-state index in [2.05, 4.69) is 4.98 Å². The van der Waals surface area contributed by atoms with E-state index < -0.39 is 24.1 Å². The third kappa shape index (κ3) is 4.94. The van der Waals surface area contributed by atoms with Crippen LogP contribution in [-0.4, -0.2) is 33.4 Å². The number of aromatic nitrogens is 2. The van der Waals surface area contributed by atoms with Crippen molar-refractivity contribution in [1.82, 2.24) is 9.55 Å². The molecule has 0 spiro atoms. The van der Waals surface area contributed by atoms with Gasteiger partial charge in [-0.1, -0.05) is 30.3 Å². The Labute approximate surface area is 199 Å². The van der Waals surface area contributed by atoms with Crippen LogP contribution in [0.3, 0.4) is 0 Å². The second-order valence-electron chi connectivity index (χ2n) is 8.06. The number of carbonyl (C=O) groups is 1. The Morgan fingerprint density at radius 3 is 2.29 bits per heavy atom. The summed E-state index contributed by atoms with van der Waals surface area (Å²) in [7, 11) is 0. The maximum absolute atomic E-state index is 14.0. The number of nitrogens with zero attached hydrogens (tertiary/aromatic N) is 2. The molecule has 0 aliphatic rings. The first-order chi connectivity index (χ1) is 16.7. The zero-order valence-electron chi connectivity index (χ0n) is 18.8. The number of halogens is 3. The van der Waals surface area contributed by atoms with Crippen molar-refractivity contribution in [3.8, 4) is 17.2 Å². The Morgan fingerprint density at radius 2 is 1.69 bits per heavy atom. The van der Waals surface area contributed by atoms with Gasteiger partial charge in [0.2, 0.25) is 11.4 Å². The molecule has 0 saturated carbocycles. The SMILES string of the molecule is Cc1oc(-c2ccccc2)nc1CCOc1ccc(C[C@@](C(=O)O)(n2cccc2)C(F)(F)F)cc1. The van der Waals surface area contributed by atoms with Crippen LogP contribution in [-0.2, 0) is 23.2 Å². The topological polar surface area (TPSA) is 77.5 Å². The minimum Gasteiger partial charge on any atom is -0.493 e. The fourth-order valence-electron chi connectivity index (χ4n) is 3.86. The number of hydrogen-bond donors (Lipinski definition) is 1. The third-order valence-electron chi connectivity index (χ3n) is 5.77. The molecule has 0 amide bonds. The lowest BCUT2D eigenvalue weighted by Crippen LogP contribution is -2.55. The average molecular weight is 484 g/mol. The van der Waals surface area contributed by atoms with Crippen LogP contribution < -0.4 is 4.74 Å². The fourth-order valence-corrected chi connectivity index (χ4v) is 3.86. The number of ether oxygens (including phenoxy) is 1. The van der Waals surface area contributed by atoms with Crippen LogP contribution in [0, 0.1) is 6.92 Å². The zero-order chi connectivity index (χ0) is 25.1. The Kier molecular flexibility index (Phi) is 6.68. The van der Waals surface area contributed by atoms with Gasteiger partial charge in [0.15, 0.2) is 0 Å². The first kappa shape index (κ1) is 24.1. The van der Waals surface area contributed by atoms with Gasteiger partial charge < -0.3 is 18.8 Å². The van der Waals surface area contributed by atoms with E-state index >= 15 is 0 Å². The number of alkyl halides is 3. The molecule has 0 saturated heterocycles. The first-order valence-electron chi connectivity index (χ1n) is 10.9. The average Bonchev–Trinajstić information content (AvgIpc) is 3.48. The van der Waals surface area contributed by atoms with Gasteiger partial charge in [-0.3, -0.25) is 0 Å². The van der Waals surface area contributed by atoms with Gasteiger partial charge in [0.1, 0.15) is 11.5 Å². The number of benzene rings is 2. The standard InChI is InChI=1S/C26H23F3N2O4/c1-18-22(30-23(35-18)20-7-3-2-4-8-20)13-16-34-21-11-9-19(10-12-21)17-25(24(32)33,26(27,28)29)31-14-5-6-15-31/h2-12,14-15H,13,16-17H2,1H3,(H,32,33)/t25-/m0/s1. The smallest absolute Gasteiger partial charge is 0.423 e. The molecular weight excluding hydrogens is 461 g/mol. The molecule has 0 fully saturated rings. The first-order valence-corrected chi connectivity index (χ1v) is 10.9. The molecule has 2 aromatic heterocycles. The van der Waals surface area contributed by atoms with Crippen molar-refractivity contribution in [2.75, 3.05) is 6.61 Å². The van der Waals surface area contributed by atoms with Crippen LogP contribution in [0.4, 0.5) is 13.2 Å². The van der Waals surface area contributed by atoms with E-state index in [1.54, 1.807) is 0 Å². The molecule has 0 bridgehead atoms. The molecule has 2 aromatic carbocycles. The van der Waals surface area contributed by atoms with Crippen molar-refractivity contribution in [2.45, 2.75) is 31.5 Å². The molecule has 182 valence electrons. The summed E-state index contributed by atoms with van der Waals surface area (Å²) < 4.78 is 54.1. The predicted molar refractivity (Wildman–Crippen MR) is 122 cm³/mol. The highest BCUT2D eigenvalue weighted by Gasteiger charge is 2.62. The molecule has 0 aliphatic carbocycles. The number of carboxylic acids is 1. The maximum Gasteiger partial charge on any atom is 0.423 e. The summed E-state index contributed by atoms with van der Waals surface area (Å²) in [6.45, 7) is 2.11. The molecule has 6 nitrogen and oxygen atoms in total. The van der Waals surface area contributed by atoms with E-state index in [1.807, 2.05) is 37.3 Å². The summed E-state index contributed by atoms with van der Waals surface area (Å²) in [4.78, 5) is 16.4. The predicted octanol–water partition coefficient (Wildman–Crippen LogP) is 5.66. The Balaban J connectivity index is 1.42. The molecule has 0 aliphatic heterocycles. The molecular formula is C26H23F3N2O4. The highest BCUT2D eigenvalue weighted by molar-refractivity contribution is 5.78. The lowest BCUT2D eigenvalue weighted by molar-refractivity contribution is -0.224. The largest absolute Gasteiger partial charge is 0.493 e. The third-order valence-corrected chi connectivity index (χ3v) is 5.77. The lowest BCUT2D eigenvalue weighted by atomic mass is 9.89. The summed E-state index contributed by atoms with van der Waals surface area (Å²) in [5.41, 5.74) is -1.27. The number of aliphatic carboxylic acids is 1. The van der Waals surface area contributed by atoms with Gasteiger partial charge in [0.05, 0.1) is 12.3 Å². The summed E-state index contributed by atoms with van der Waals surface area (Å²) >= 11 is 0. The minimum atomic E-state index is -5.01. The monoisotopic (exact) mass is 484 g/mol. The molecule has 1 N–H and O–H groups in total. The van der Waals surface area contributed by atoms with Crippen molar-refractivity contribution < 1.29 is 32.2 Å². The van der Waals surface area contributed by atoms with Gasteiger partial charge in [-0.2, -0.15) is 13.2 Å². The van der Waals surface area contributed by atoms with E-state index in [1.165, 1.54) is 36.4 Å². The number of carboxylic acid groups (broad SMARTS) is 1. The second kappa shape index (κ2) is 9.69. The second-order valence-corrected chi connectivity index (χ2v) is 8.06. The van der Waals surface area contributed by atoms with E-state index in [-0.39, 0.29) is 12.2 Å². The highest BCUT2D eigenvalue weighted by atomic mass is 19.4. The number of aryl methyl sites for hydroxylation is 1. The molecule has 2 heterocycles. The van der Waals surface area contributed by atoms with Crippen molar-refractivity contribution in [3.05, 3.63) is 96.1 Å². The zero-order valence-corrected chi connectivity index (χ0v) is 18.8. The van der Waals surface area contributed by atoms with Crippen molar-refractivity contribution in [2.24, 2.45) is 0 Å².